The maximum absolute atomic E-state index is 11.6. The Hall–Kier alpha value is -1.91. The zero-order valence-corrected chi connectivity index (χ0v) is 13.9. The first kappa shape index (κ1) is 20.1. The number of carbonyl (C=O) groups excluding carboxylic acids is 3. The van der Waals surface area contributed by atoms with Gasteiger partial charge in [0.1, 0.15) is 0 Å². The van der Waals surface area contributed by atoms with Gasteiger partial charge in [-0.25, -0.2) is 14.4 Å². The van der Waals surface area contributed by atoms with E-state index in [0.29, 0.717) is 12.8 Å². The molecular formula is C17H26O5. The topological polar surface area (TPSA) is 69.7 Å². The molecule has 0 saturated heterocycles. The Morgan fingerprint density at radius 3 is 1.41 bits per heavy atom. The van der Waals surface area contributed by atoms with Crippen LogP contribution in [0.5, 0.6) is 0 Å². The Labute approximate surface area is 132 Å². The predicted molar refractivity (Wildman–Crippen MR) is 84.0 cm³/mol. The third-order valence-corrected chi connectivity index (χ3v) is 3.51. The maximum atomic E-state index is 11.6. The molecule has 0 aliphatic heterocycles. The molecule has 0 aliphatic rings. The molecule has 0 radical (unpaired) electrons. The number of rotatable bonds is 8. The number of hydrogen-bond acceptors (Lipinski definition) is 5. The van der Waals surface area contributed by atoms with Crippen molar-refractivity contribution in [2.75, 3.05) is 0 Å². The Kier molecular flexibility index (Phi) is 9.06. The van der Waals surface area contributed by atoms with Crippen LogP contribution in [-0.4, -0.2) is 18.1 Å². The minimum atomic E-state index is -1.34. The van der Waals surface area contributed by atoms with Crippen LogP contribution < -0.4 is 0 Å². The fourth-order valence-corrected chi connectivity index (χ4v) is 1.61. The minimum absolute atomic E-state index is 0.178. The molecule has 22 heavy (non-hydrogen) atoms. The quantitative estimate of drug-likeness (QED) is 0.382. The van der Waals surface area contributed by atoms with E-state index in [1.165, 1.54) is 0 Å². The van der Waals surface area contributed by atoms with Gasteiger partial charge in [0.05, 0.1) is 0 Å². The molecule has 0 N–H and O–H groups in total. The summed E-state index contributed by atoms with van der Waals surface area (Å²) in [4.78, 5) is 34.7. The van der Waals surface area contributed by atoms with Crippen LogP contribution in [0, 0.1) is 11.8 Å². The van der Waals surface area contributed by atoms with Gasteiger partial charge in [0.25, 0.3) is 0 Å². The molecule has 0 fully saturated rings. The number of esters is 2. The van der Waals surface area contributed by atoms with E-state index in [-0.39, 0.29) is 23.0 Å². The smallest absolute Gasteiger partial charge is 0.356 e. The molecule has 0 aromatic carbocycles. The highest BCUT2D eigenvalue weighted by Gasteiger charge is 2.21. The largest absolute Gasteiger partial charge is 0.524 e. The Bertz CT molecular complexity index is 410. The van der Waals surface area contributed by atoms with Gasteiger partial charge in [0.2, 0.25) is 0 Å². The average molecular weight is 310 g/mol. The summed E-state index contributed by atoms with van der Waals surface area (Å²) < 4.78 is 8.90. The third kappa shape index (κ3) is 7.76. The van der Waals surface area contributed by atoms with E-state index in [4.69, 9.17) is 0 Å². The van der Waals surface area contributed by atoms with Gasteiger partial charge in [-0.3, -0.25) is 0 Å². The lowest BCUT2D eigenvalue weighted by Gasteiger charge is -2.11. The van der Waals surface area contributed by atoms with Crippen molar-refractivity contribution >= 4 is 18.1 Å². The van der Waals surface area contributed by atoms with Crippen LogP contribution in [0.25, 0.3) is 0 Å². The zero-order valence-electron chi connectivity index (χ0n) is 13.9. The minimum Gasteiger partial charge on any atom is -0.356 e. The summed E-state index contributed by atoms with van der Waals surface area (Å²) in [5.41, 5.74) is 0.356. The second-order valence-corrected chi connectivity index (χ2v) is 5.67. The zero-order chi connectivity index (χ0) is 17.3. The van der Waals surface area contributed by atoms with Gasteiger partial charge in [0, 0.05) is 11.1 Å². The Morgan fingerprint density at radius 1 is 0.818 bits per heavy atom. The summed E-state index contributed by atoms with van der Waals surface area (Å²) in [7, 11) is 0. The molecule has 5 heteroatoms. The first-order chi connectivity index (χ1) is 10.2. The van der Waals surface area contributed by atoms with Gasteiger partial charge in [-0.05, 0) is 24.7 Å². The van der Waals surface area contributed by atoms with E-state index >= 15 is 0 Å². The average Bonchev–Trinajstić information content (AvgIpc) is 2.46. The van der Waals surface area contributed by atoms with Gasteiger partial charge in [0.15, 0.2) is 0 Å². The monoisotopic (exact) mass is 310 g/mol. The van der Waals surface area contributed by atoms with Crippen LogP contribution in [-0.2, 0) is 19.1 Å². The molecule has 124 valence electrons. The molecule has 2 atom stereocenters. The van der Waals surface area contributed by atoms with Crippen LogP contribution in [0.2, 0.25) is 0 Å². The van der Waals surface area contributed by atoms with Crippen LogP contribution in [0.3, 0.4) is 0 Å². The second kappa shape index (κ2) is 9.92. The van der Waals surface area contributed by atoms with Crippen molar-refractivity contribution in [2.45, 2.75) is 53.4 Å². The highest BCUT2D eigenvalue weighted by Crippen LogP contribution is 2.16. The summed E-state index contributed by atoms with van der Waals surface area (Å²) >= 11 is 0. The molecule has 5 nitrogen and oxygen atoms in total. The predicted octanol–water partition coefficient (Wildman–Crippen LogP) is 4.18. The van der Waals surface area contributed by atoms with Gasteiger partial charge >= 0.3 is 18.1 Å². The van der Waals surface area contributed by atoms with Crippen molar-refractivity contribution in [3.8, 4) is 0 Å². The second-order valence-electron chi connectivity index (χ2n) is 5.67. The maximum Gasteiger partial charge on any atom is 0.524 e. The van der Waals surface area contributed by atoms with Crippen molar-refractivity contribution in [3.05, 3.63) is 24.3 Å². The van der Waals surface area contributed by atoms with Crippen LogP contribution in [0.1, 0.15) is 53.4 Å². The summed E-state index contributed by atoms with van der Waals surface area (Å²) in [6.45, 7) is 15.0. The van der Waals surface area contributed by atoms with Gasteiger partial charge in [-0.1, -0.05) is 53.7 Å². The standard InChI is InChI=1S/C17H26O5/c1-7-11(3)9-13(5)15(18)21-17(20)22-16(19)14(6)10-12(4)8-2/h11-12H,5-10H2,1-4H3. The third-order valence-electron chi connectivity index (χ3n) is 3.51. The fourth-order valence-electron chi connectivity index (χ4n) is 1.61. The number of ether oxygens (including phenoxy) is 2. The van der Waals surface area contributed by atoms with E-state index in [1.54, 1.807) is 0 Å². The van der Waals surface area contributed by atoms with Crippen molar-refractivity contribution < 1.29 is 23.9 Å². The molecule has 0 aliphatic carbocycles. The van der Waals surface area contributed by atoms with Crippen LogP contribution in [0.4, 0.5) is 4.79 Å². The summed E-state index contributed by atoms with van der Waals surface area (Å²) in [6, 6.07) is 0. The molecule has 0 heterocycles. The van der Waals surface area contributed by atoms with E-state index in [2.05, 4.69) is 22.6 Å². The first-order valence-corrected chi connectivity index (χ1v) is 7.54. The molecule has 0 aromatic heterocycles. The molecule has 0 rings (SSSR count). The molecule has 0 bridgehead atoms. The molecule has 0 amide bonds. The van der Waals surface area contributed by atoms with E-state index in [1.807, 2.05) is 27.7 Å². The molecule has 0 spiro atoms. The molecular weight excluding hydrogens is 284 g/mol. The van der Waals surface area contributed by atoms with Crippen molar-refractivity contribution in [3.63, 3.8) is 0 Å². The lowest BCUT2D eigenvalue weighted by molar-refractivity contribution is -0.141. The van der Waals surface area contributed by atoms with Crippen LogP contribution >= 0.6 is 0 Å². The van der Waals surface area contributed by atoms with Gasteiger partial charge < -0.3 is 9.47 Å². The van der Waals surface area contributed by atoms with Crippen molar-refractivity contribution in [1.82, 2.24) is 0 Å². The molecule has 2 unspecified atom stereocenters. The highest BCUT2D eigenvalue weighted by atomic mass is 16.8. The van der Waals surface area contributed by atoms with Gasteiger partial charge in [-0.15, -0.1) is 0 Å². The number of carbonyl (C=O) groups is 3. The van der Waals surface area contributed by atoms with E-state index in [9.17, 15) is 14.4 Å². The van der Waals surface area contributed by atoms with E-state index < -0.39 is 18.1 Å². The van der Waals surface area contributed by atoms with Gasteiger partial charge in [-0.2, -0.15) is 0 Å². The SMILES string of the molecule is C=C(CC(C)CC)C(=O)OC(=O)OC(=O)C(=C)CC(C)CC. The molecule has 0 saturated carbocycles. The Morgan fingerprint density at radius 2 is 1.14 bits per heavy atom. The summed E-state index contributed by atoms with van der Waals surface area (Å²) in [5, 5.41) is 0. The van der Waals surface area contributed by atoms with Crippen LogP contribution in [0.15, 0.2) is 24.3 Å². The van der Waals surface area contributed by atoms with E-state index in [0.717, 1.165) is 12.8 Å². The summed E-state index contributed by atoms with van der Waals surface area (Å²) in [6.07, 6.45) is 1.27. The summed E-state index contributed by atoms with van der Waals surface area (Å²) in [5.74, 6) is -1.22. The molecule has 0 aromatic rings. The van der Waals surface area contributed by atoms with Crippen molar-refractivity contribution in [2.24, 2.45) is 11.8 Å². The van der Waals surface area contributed by atoms with Crippen molar-refractivity contribution in [1.29, 1.82) is 0 Å². The fraction of sp³-hybridized carbons (Fsp3) is 0.588. The Balaban J connectivity index is 4.33. The number of hydrogen-bond donors (Lipinski definition) is 0. The highest BCUT2D eigenvalue weighted by molar-refractivity contribution is 5.99. The lowest BCUT2D eigenvalue weighted by atomic mass is 10.00. The normalized spacial score (nSPS) is 12.9. The lowest BCUT2D eigenvalue weighted by Crippen LogP contribution is -2.20. The first-order valence-electron chi connectivity index (χ1n) is 7.54.